The Morgan fingerprint density at radius 3 is 1.38 bits per heavy atom. The molecule has 8 heteroatoms. The zero-order chi connectivity index (χ0) is 17.2. The second kappa shape index (κ2) is 20.3. The van der Waals surface area contributed by atoms with Crippen molar-refractivity contribution in [3.8, 4) is 0 Å². The van der Waals surface area contributed by atoms with E-state index in [0.29, 0.717) is 0 Å². The number of phosphoric acid groups is 1. The Hall–Kier alpha value is 1.03. The quantitative estimate of drug-likeness (QED) is 0.120. The Labute approximate surface area is 169 Å². The van der Waals surface area contributed by atoms with Gasteiger partial charge in [0.05, 0.1) is 13.2 Å². The van der Waals surface area contributed by atoms with E-state index in [2.05, 4.69) is 33.0 Å². The normalized spacial score (nSPS) is 11.5. The predicted molar refractivity (Wildman–Crippen MR) is 88.4 cm³/mol. The molecule has 0 saturated carbocycles. The third-order valence-electron chi connectivity index (χ3n) is 3.45. The van der Waals surface area contributed by atoms with Crippen LogP contribution in [0.2, 0.25) is 0 Å². The Bertz CT molecular complexity index is 270. The maximum atomic E-state index is 11.3. The molecule has 0 aromatic rings. The maximum absolute atomic E-state index is 11.3. The van der Waals surface area contributed by atoms with E-state index in [1.807, 2.05) is 0 Å². The molecule has 0 saturated heterocycles. The summed E-state index contributed by atoms with van der Waals surface area (Å²) in [6.07, 6.45) is 13.1. The summed E-state index contributed by atoms with van der Waals surface area (Å²) in [6.45, 7) is 4.80. The first-order valence-corrected chi connectivity index (χ1v) is 10.5. The number of hydrogen-bond acceptors (Lipinski definition) is 6. The van der Waals surface area contributed by atoms with Crippen LogP contribution < -0.4 is 34.5 Å². The molecular weight excluding hydrogens is 342 g/mol. The van der Waals surface area contributed by atoms with Crippen molar-refractivity contribution in [1.82, 2.24) is 0 Å². The van der Waals surface area contributed by atoms with Gasteiger partial charge in [-0.25, -0.2) is 9.78 Å². The fraction of sp³-hybridized carbons (Fsp3) is 1.00. The van der Waals surface area contributed by atoms with E-state index in [9.17, 15) is 9.46 Å². The maximum Gasteiger partial charge on any atom is 1.00 e. The molecule has 0 heterocycles. The van der Waals surface area contributed by atoms with Crippen LogP contribution in [0, 0.1) is 0 Å². The average molecular weight is 376 g/mol. The molecule has 0 aromatic heterocycles. The molecule has 0 rings (SSSR count). The summed E-state index contributed by atoms with van der Waals surface area (Å²) in [5, 5.41) is 0. The van der Waals surface area contributed by atoms with E-state index in [-0.39, 0.29) is 42.8 Å². The van der Waals surface area contributed by atoms with Gasteiger partial charge in [0.25, 0.3) is 0 Å². The molecule has 24 heavy (non-hydrogen) atoms. The van der Waals surface area contributed by atoms with Gasteiger partial charge in [-0.15, -0.1) is 0 Å². The molecule has 0 aromatic carbocycles. The first kappa shape index (κ1) is 27.3. The van der Waals surface area contributed by atoms with Crippen LogP contribution in [0.3, 0.4) is 0 Å². The van der Waals surface area contributed by atoms with E-state index in [4.69, 9.17) is 0 Å². The van der Waals surface area contributed by atoms with Crippen LogP contribution in [0.5, 0.6) is 0 Å². The van der Waals surface area contributed by atoms with E-state index in [1.165, 1.54) is 38.5 Å². The minimum absolute atomic E-state index is 0. The molecule has 6 nitrogen and oxygen atoms in total. The smallest absolute Gasteiger partial charge is 0.753 e. The molecule has 0 fully saturated rings. The Kier molecular flexibility index (Phi) is 23.1. The standard InChI is InChI=1S/C16H35O6P.Na/c1-3-5-7-9-11-13-15-19-21-23(17,18)22-20-16-14-12-10-8-6-4-2;/h3-16H2,1-2H3,(H,17,18);/q;+1/p-1. The second-order valence-electron chi connectivity index (χ2n) is 5.78. The van der Waals surface area contributed by atoms with Crippen molar-refractivity contribution in [2.45, 2.75) is 90.9 Å². The molecule has 140 valence electrons. The van der Waals surface area contributed by atoms with Gasteiger partial charge in [-0.1, -0.05) is 78.1 Å². The van der Waals surface area contributed by atoms with Gasteiger partial charge in [0.2, 0.25) is 0 Å². The Morgan fingerprint density at radius 2 is 1.00 bits per heavy atom. The van der Waals surface area contributed by atoms with Crippen molar-refractivity contribution in [2.24, 2.45) is 0 Å². The first-order chi connectivity index (χ1) is 11.1. The summed E-state index contributed by atoms with van der Waals surface area (Å²) in [6, 6.07) is 0. The average Bonchev–Trinajstić information content (AvgIpc) is 2.52. The van der Waals surface area contributed by atoms with Crippen LogP contribution in [-0.2, 0) is 23.7 Å². The van der Waals surface area contributed by atoms with E-state index in [1.54, 1.807) is 0 Å². The molecule has 0 aliphatic carbocycles. The van der Waals surface area contributed by atoms with Gasteiger partial charge in [0.1, 0.15) is 0 Å². The number of rotatable bonds is 18. The van der Waals surface area contributed by atoms with Crippen LogP contribution in [0.25, 0.3) is 0 Å². The van der Waals surface area contributed by atoms with Gasteiger partial charge >= 0.3 is 37.4 Å². The molecule has 0 radical (unpaired) electrons. The monoisotopic (exact) mass is 376 g/mol. The number of hydrogen-bond donors (Lipinski definition) is 0. The third kappa shape index (κ3) is 21.1. The van der Waals surface area contributed by atoms with E-state index < -0.39 is 7.82 Å². The number of unbranched alkanes of at least 4 members (excludes halogenated alkanes) is 10. The van der Waals surface area contributed by atoms with Crippen molar-refractivity contribution in [1.29, 1.82) is 0 Å². The second-order valence-corrected chi connectivity index (χ2v) is 6.97. The zero-order valence-electron chi connectivity index (χ0n) is 15.8. The van der Waals surface area contributed by atoms with Gasteiger partial charge in [-0.3, -0.25) is 4.57 Å². The van der Waals surface area contributed by atoms with E-state index in [0.717, 1.165) is 38.5 Å². The summed E-state index contributed by atoms with van der Waals surface area (Å²) >= 11 is 0. The molecule has 0 aliphatic heterocycles. The molecule has 0 unspecified atom stereocenters. The molecule has 0 bridgehead atoms. The molecule has 0 N–H and O–H groups in total. The summed E-state index contributed by atoms with van der Waals surface area (Å²) < 4.78 is 19.9. The van der Waals surface area contributed by atoms with E-state index >= 15 is 0 Å². The zero-order valence-corrected chi connectivity index (χ0v) is 18.7. The summed E-state index contributed by atoms with van der Waals surface area (Å²) in [7, 11) is -4.52. The van der Waals surface area contributed by atoms with Crippen LogP contribution in [0.15, 0.2) is 0 Å². The minimum atomic E-state index is -4.52. The molecular formula is C16H34NaO6P. The van der Waals surface area contributed by atoms with Crippen molar-refractivity contribution in [3.05, 3.63) is 0 Å². The van der Waals surface area contributed by atoms with Crippen LogP contribution in [-0.4, -0.2) is 13.2 Å². The van der Waals surface area contributed by atoms with Crippen molar-refractivity contribution >= 4 is 7.82 Å². The van der Waals surface area contributed by atoms with Crippen LogP contribution >= 0.6 is 7.82 Å². The van der Waals surface area contributed by atoms with Crippen molar-refractivity contribution < 1.29 is 58.1 Å². The SMILES string of the molecule is CCCCCCCCOOP(=O)([O-])OOCCCCCCCC.[Na+]. The van der Waals surface area contributed by atoms with Gasteiger partial charge in [-0.2, -0.15) is 9.35 Å². The van der Waals surface area contributed by atoms with Gasteiger partial charge in [0, 0.05) is 0 Å². The molecule has 0 atom stereocenters. The topological polar surface area (TPSA) is 77.1 Å². The predicted octanol–water partition coefficient (Wildman–Crippen LogP) is 2.08. The summed E-state index contributed by atoms with van der Waals surface area (Å²) in [4.78, 5) is 20.6. The minimum Gasteiger partial charge on any atom is -0.753 e. The molecule has 0 aliphatic rings. The molecule has 0 spiro atoms. The van der Waals surface area contributed by atoms with Crippen LogP contribution in [0.1, 0.15) is 90.9 Å². The fourth-order valence-electron chi connectivity index (χ4n) is 2.10. The molecule has 0 amide bonds. The Morgan fingerprint density at radius 1 is 0.667 bits per heavy atom. The summed E-state index contributed by atoms with van der Waals surface area (Å²) in [5.41, 5.74) is 0. The fourth-order valence-corrected chi connectivity index (χ4v) is 2.53. The van der Waals surface area contributed by atoms with Crippen LogP contribution in [0.4, 0.5) is 0 Å². The van der Waals surface area contributed by atoms with Crippen molar-refractivity contribution in [3.63, 3.8) is 0 Å². The van der Waals surface area contributed by atoms with Crippen molar-refractivity contribution in [2.75, 3.05) is 13.2 Å². The van der Waals surface area contributed by atoms with Gasteiger partial charge < -0.3 is 4.89 Å². The van der Waals surface area contributed by atoms with Gasteiger partial charge in [0.15, 0.2) is 0 Å². The third-order valence-corrected chi connectivity index (χ3v) is 4.03. The summed E-state index contributed by atoms with van der Waals surface area (Å²) in [5.74, 6) is 0. The van der Waals surface area contributed by atoms with Gasteiger partial charge in [-0.05, 0) is 12.8 Å². The Balaban J connectivity index is 0. The first-order valence-electron chi connectivity index (χ1n) is 9.06. The largest absolute Gasteiger partial charge is 1.00 e.